The first kappa shape index (κ1) is 15.3. The largest absolute Gasteiger partial charge is 0.477 e. The fraction of sp³-hybridized carbons (Fsp3) is 0.353. The molecule has 0 aliphatic heterocycles. The molecule has 3 heterocycles. The molecule has 120 valence electrons. The Labute approximate surface area is 135 Å². The van der Waals surface area contributed by atoms with Crippen LogP contribution in [0.4, 0.5) is 5.69 Å². The van der Waals surface area contributed by atoms with Crippen molar-refractivity contribution in [2.24, 2.45) is 7.05 Å². The van der Waals surface area contributed by atoms with E-state index in [2.05, 4.69) is 23.9 Å². The molecule has 23 heavy (non-hydrogen) atoms. The third kappa shape index (κ3) is 2.60. The number of nitrogens with zero attached hydrogens (tertiary/aromatic N) is 4. The number of aromatic nitrogens is 4. The van der Waals surface area contributed by atoms with Crippen molar-refractivity contribution in [2.75, 3.05) is 12.3 Å². The number of nitrogen functional groups attached to an aromatic ring is 1. The Hall–Kier alpha value is -2.63. The summed E-state index contributed by atoms with van der Waals surface area (Å²) in [7, 11) is 1.89. The summed E-state index contributed by atoms with van der Waals surface area (Å²) < 4.78 is 7.38. The van der Waals surface area contributed by atoms with E-state index in [0.29, 0.717) is 18.2 Å². The zero-order valence-electron chi connectivity index (χ0n) is 13.9. The van der Waals surface area contributed by atoms with Gasteiger partial charge in [0.15, 0.2) is 5.65 Å². The van der Waals surface area contributed by atoms with Crippen molar-refractivity contribution in [3.63, 3.8) is 0 Å². The minimum atomic E-state index is 0.283. The van der Waals surface area contributed by atoms with Crippen molar-refractivity contribution < 1.29 is 4.74 Å². The lowest BCUT2D eigenvalue weighted by atomic mass is 10.0. The second-order valence-corrected chi connectivity index (χ2v) is 5.75. The number of fused-ring (bicyclic) bond motifs is 1. The van der Waals surface area contributed by atoms with Crippen molar-refractivity contribution in [2.45, 2.75) is 26.7 Å². The van der Waals surface area contributed by atoms with Crippen LogP contribution in [-0.4, -0.2) is 26.4 Å². The first-order valence-electron chi connectivity index (χ1n) is 7.74. The van der Waals surface area contributed by atoms with Crippen molar-refractivity contribution in [1.29, 1.82) is 0 Å². The number of nitrogens with two attached hydrogens (primary N) is 1. The fourth-order valence-electron chi connectivity index (χ4n) is 2.69. The van der Waals surface area contributed by atoms with Crippen LogP contribution >= 0.6 is 0 Å². The Bertz CT molecular complexity index is 854. The molecule has 0 saturated carbocycles. The molecule has 0 radical (unpaired) electrons. The first-order chi connectivity index (χ1) is 11.0. The third-order valence-corrected chi connectivity index (χ3v) is 3.73. The quantitative estimate of drug-likeness (QED) is 0.800. The zero-order chi connectivity index (χ0) is 16.6. The summed E-state index contributed by atoms with van der Waals surface area (Å²) in [5, 5.41) is 5.50. The highest BCUT2D eigenvalue weighted by atomic mass is 16.5. The zero-order valence-corrected chi connectivity index (χ0v) is 13.9. The second kappa shape index (κ2) is 5.87. The monoisotopic (exact) mass is 311 g/mol. The standard InChI is InChI=1S/C17H21N5O/c1-5-23-17-11(7-6-8-19-17)13-9-12(18)14-15(10(2)3)21-22(4)16(14)20-13/h6-10H,5H2,1-4H3,(H2,18,20). The van der Waals surface area contributed by atoms with Gasteiger partial charge in [-0.15, -0.1) is 0 Å². The Morgan fingerprint density at radius 3 is 2.83 bits per heavy atom. The Kier molecular flexibility index (Phi) is 3.90. The van der Waals surface area contributed by atoms with Gasteiger partial charge in [-0.05, 0) is 31.0 Å². The van der Waals surface area contributed by atoms with Gasteiger partial charge in [-0.25, -0.2) is 9.97 Å². The molecule has 0 unspecified atom stereocenters. The van der Waals surface area contributed by atoms with Crippen LogP contribution in [0.2, 0.25) is 0 Å². The van der Waals surface area contributed by atoms with Crippen LogP contribution in [0.1, 0.15) is 32.4 Å². The third-order valence-electron chi connectivity index (χ3n) is 3.73. The minimum Gasteiger partial charge on any atom is -0.477 e. The van der Waals surface area contributed by atoms with E-state index in [1.54, 1.807) is 10.9 Å². The second-order valence-electron chi connectivity index (χ2n) is 5.75. The lowest BCUT2D eigenvalue weighted by molar-refractivity contribution is 0.328. The number of rotatable bonds is 4. The topological polar surface area (TPSA) is 78.9 Å². The summed E-state index contributed by atoms with van der Waals surface area (Å²) in [6.45, 7) is 6.68. The minimum absolute atomic E-state index is 0.283. The van der Waals surface area contributed by atoms with E-state index < -0.39 is 0 Å². The van der Waals surface area contributed by atoms with Gasteiger partial charge in [-0.1, -0.05) is 13.8 Å². The van der Waals surface area contributed by atoms with E-state index in [1.807, 2.05) is 32.2 Å². The number of ether oxygens (including phenoxy) is 1. The average molecular weight is 311 g/mol. The molecular weight excluding hydrogens is 290 g/mol. The highest BCUT2D eigenvalue weighted by molar-refractivity contribution is 5.93. The van der Waals surface area contributed by atoms with Gasteiger partial charge in [0.05, 0.1) is 28.9 Å². The van der Waals surface area contributed by atoms with Gasteiger partial charge in [0, 0.05) is 18.9 Å². The Morgan fingerprint density at radius 2 is 2.13 bits per heavy atom. The molecule has 2 N–H and O–H groups in total. The van der Waals surface area contributed by atoms with Gasteiger partial charge in [-0.3, -0.25) is 4.68 Å². The predicted octanol–water partition coefficient (Wildman–Crippen LogP) is 3.13. The molecule has 0 atom stereocenters. The van der Waals surface area contributed by atoms with E-state index in [1.165, 1.54) is 0 Å². The highest BCUT2D eigenvalue weighted by Crippen LogP contribution is 2.34. The van der Waals surface area contributed by atoms with Crippen LogP contribution in [0, 0.1) is 0 Å². The highest BCUT2D eigenvalue weighted by Gasteiger charge is 2.18. The van der Waals surface area contributed by atoms with E-state index in [-0.39, 0.29) is 5.92 Å². The van der Waals surface area contributed by atoms with Crippen LogP contribution < -0.4 is 10.5 Å². The van der Waals surface area contributed by atoms with Gasteiger partial charge in [0.1, 0.15) is 0 Å². The molecule has 3 rings (SSSR count). The molecule has 0 fully saturated rings. The lowest BCUT2D eigenvalue weighted by Crippen LogP contribution is -2.00. The smallest absolute Gasteiger partial charge is 0.222 e. The predicted molar refractivity (Wildman–Crippen MR) is 91.4 cm³/mol. The fourth-order valence-corrected chi connectivity index (χ4v) is 2.69. The van der Waals surface area contributed by atoms with Gasteiger partial charge in [0.2, 0.25) is 5.88 Å². The first-order valence-corrected chi connectivity index (χ1v) is 7.74. The molecule has 6 nitrogen and oxygen atoms in total. The summed E-state index contributed by atoms with van der Waals surface area (Å²) >= 11 is 0. The van der Waals surface area contributed by atoms with Crippen molar-refractivity contribution >= 4 is 16.7 Å². The number of aryl methyl sites for hydroxylation is 1. The molecule has 0 spiro atoms. The number of hydrogen-bond donors (Lipinski definition) is 1. The van der Waals surface area contributed by atoms with Crippen molar-refractivity contribution in [3.8, 4) is 17.1 Å². The normalized spacial score (nSPS) is 11.3. The maximum Gasteiger partial charge on any atom is 0.222 e. The van der Waals surface area contributed by atoms with E-state index >= 15 is 0 Å². The summed E-state index contributed by atoms with van der Waals surface area (Å²) in [6.07, 6.45) is 1.71. The van der Waals surface area contributed by atoms with E-state index in [4.69, 9.17) is 15.5 Å². The Morgan fingerprint density at radius 1 is 1.35 bits per heavy atom. The van der Waals surface area contributed by atoms with Crippen LogP contribution in [0.25, 0.3) is 22.3 Å². The number of hydrogen-bond acceptors (Lipinski definition) is 5. The maximum absolute atomic E-state index is 6.32. The SMILES string of the molecule is CCOc1ncccc1-c1cc(N)c2c(C(C)C)nn(C)c2n1. The summed E-state index contributed by atoms with van der Waals surface area (Å²) in [4.78, 5) is 9.04. The maximum atomic E-state index is 6.32. The lowest BCUT2D eigenvalue weighted by Gasteiger charge is -2.10. The van der Waals surface area contributed by atoms with Crippen LogP contribution in [0.3, 0.4) is 0 Å². The average Bonchev–Trinajstić information content (AvgIpc) is 2.86. The summed E-state index contributed by atoms with van der Waals surface area (Å²) in [5.74, 6) is 0.846. The van der Waals surface area contributed by atoms with Gasteiger partial charge < -0.3 is 10.5 Å². The van der Waals surface area contributed by atoms with E-state index in [0.717, 1.165) is 28.0 Å². The molecule has 3 aromatic rings. The summed E-state index contributed by atoms with van der Waals surface area (Å²) in [5.41, 5.74) is 10.3. The Balaban J connectivity index is 2.24. The molecule has 0 aromatic carbocycles. The molecule has 0 saturated heterocycles. The van der Waals surface area contributed by atoms with Gasteiger partial charge in [-0.2, -0.15) is 5.10 Å². The number of anilines is 1. The van der Waals surface area contributed by atoms with Crippen LogP contribution in [0.15, 0.2) is 24.4 Å². The van der Waals surface area contributed by atoms with Crippen LogP contribution in [0.5, 0.6) is 5.88 Å². The van der Waals surface area contributed by atoms with Crippen molar-refractivity contribution in [1.82, 2.24) is 19.7 Å². The molecule has 0 aliphatic carbocycles. The molecule has 0 amide bonds. The van der Waals surface area contributed by atoms with E-state index in [9.17, 15) is 0 Å². The molecular formula is C17H21N5O. The molecule has 3 aromatic heterocycles. The van der Waals surface area contributed by atoms with Crippen molar-refractivity contribution in [3.05, 3.63) is 30.1 Å². The van der Waals surface area contributed by atoms with Gasteiger partial charge in [0.25, 0.3) is 0 Å². The van der Waals surface area contributed by atoms with Crippen LogP contribution in [-0.2, 0) is 7.05 Å². The summed E-state index contributed by atoms with van der Waals surface area (Å²) in [6, 6.07) is 5.67. The molecule has 0 bridgehead atoms. The molecule has 6 heteroatoms. The van der Waals surface area contributed by atoms with Gasteiger partial charge >= 0.3 is 0 Å². The number of pyridine rings is 2. The molecule has 0 aliphatic rings.